The second-order valence-electron chi connectivity index (χ2n) is 6.36. The molecule has 0 aliphatic rings. The molecule has 0 spiro atoms. The summed E-state index contributed by atoms with van der Waals surface area (Å²) in [6.45, 7) is 4.80. The lowest BCUT2D eigenvalue weighted by Crippen LogP contribution is -2.15. The zero-order valence-corrected chi connectivity index (χ0v) is 19.4. The van der Waals surface area contributed by atoms with Crippen LogP contribution in [0.25, 0.3) is 0 Å². The van der Waals surface area contributed by atoms with Gasteiger partial charge in [-0.25, -0.2) is 0 Å². The molecule has 0 unspecified atom stereocenters. The number of anilines is 1. The Morgan fingerprint density at radius 1 is 1.13 bits per heavy atom. The first-order valence-electron chi connectivity index (χ1n) is 9.05. The summed E-state index contributed by atoms with van der Waals surface area (Å²) in [6.07, 6.45) is 0. The average molecular weight is 486 g/mol. The highest BCUT2D eigenvalue weighted by Crippen LogP contribution is 2.27. The normalized spacial score (nSPS) is 10.8. The third kappa shape index (κ3) is 6.04. The molecular weight excluding hydrogens is 467 g/mol. The standard InChI is InChI=1S/C20H19Cl3N4O2S/c1-3-27-18(10-29-17-6-12(2)4-5-16(17)23)25-26-20(27)30-11-19(28)24-15-8-13(21)7-14(22)9-15/h4-9H,3,10-11H2,1-2H3,(H,24,28). The van der Waals surface area contributed by atoms with Crippen molar-refractivity contribution in [3.63, 3.8) is 0 Å². The van der Waals surface area contributed by atoms with Gasteiger partial charge in [-0.05, 0) is 49.7 Å². The summed E-state index contributed by atoms with van der Waals surface area (Å²) in [5.74, 6) is 1.20. The molecule has 1 N–H and O–H groups in total. The lowest BCUT2D eigenvalue weighted by Gasteiger charge is -2.10. The fraction of sp³-hybridized carbons (Fsp3) is 0.250. The van der Waals surface area contributed by atoms with Crippen molar-refractivity contribution in [1.82, 2.24) is 14.8 Å². The number of nitrogens with zero attached hydrogens (tertiary/aromatic N) is 3. The second kappa shape index (κ2) is 10.4. The molecule has 0 atom stereocenters. The first-order chi connectivity index (χ1) is 14.4. The van der Waals surface area contributed by atoms with Crippen molar-refractivity contribution in [1.29, 1.82) is 0 Å². The first-order valence-corrected chi connectivity index (χ1v) is 11.2. The van der Waals surface area contributed by atoms with Crippen molar-refractivity contribution in [2.24, 2.45) is 0 Å². The maximum absolute atomic E-state index is 12.3. The molecule has 1 heterocycles. The minimum atomic E-state index is -0.201. The van der Waals surface area contributed by atoms with E-state index in [1.165, 1.54) is 11.8 Å². The number of carbonyl (C=O) groups excluding carboxylic acids is 1. The van der Waals surface area contributed by atoms with Crippen LogP contribution in [0.4, 0.5) is 5.69 Å². The van der Waals surface area contributed by atoms with Crippen LogP contribution in [-0.2, 0) is 17.9 Å². The van der Waals surface area contributed by atoms with Crippen molar-refractivity contribution in [2.75, 3.05) is 11.1 Å². The maximum atomic E-state index is 12.3. The highest BCUT2D eigenvalue weighted by atomic mass is 35.5. The third-order valence-corrected chi connectivity index (χ3v) is 5.75. The van der Waals surface area contributed by atoms with Gasteiger partial charge in [0, 0.05) is 22.3 Å². The molecule has 0 bridgehead atoms. The fourth-order valence-corrected chi connectivity index (χ4v) is 4.19. The van der Waals surface area contributed by atoms with Crippen molar-refractivity contribution in [3.05, 3.63) is 62.9 Å². The Labute approximate surface area is 193 Å². The van der Waals surface area contributed by atoms with Crippen LogP contribution in [0.2, 0.25) is 15.1 Å². The van der Waals surface area contributed by atoms with E-state index in [-0.39, 0.29) is 18.3 Å². The zero-order valence-electron chi connectivity index (χ0n) is 16.3. The van der Waals surface area contributed by atoms with Gasteiger partial charge in [0.1, 0.15) is 12.4 Å². The molecule has 3 rings (SSSR count). The summed E-state index contributed by atoms with van der Waals surface area (Å²) >= 11 is 19.4. The molecule has 30 heavy (non-hydrogen) atoms. The number of thioether (sulfide) groups is 1. The summed E-state index contributed by atoms with van der Waals surface area (Å²) in [4.78, 5) is 12.3. The van der Waals surface area contributed by atoms with E-state index in [1.807, 2.05) is 30.5 Å². The minimum Gasteiger partial charge on any atom is -0.484 e. The minimum absolute atomic E-state index is 0.160. The van der Waals surface area contributed by atoms with Crippen molar-refractivity contribution in [3.8, 4) is 5.75 Å². The van der Waals surface area contributed by atoms with Crippen LogP contribution in [0.1, 0.15) is 18.3 Å². The van der Waals surface area contributed by atoms with Gasteiger partial charge in [-0.3, -0.25) is 4.79 Å². The largest absolute Gasteiger partial charge is 0.484 e. The number of ether oxygens (including phenoxy) is 1. The van der Waals surface area contributed by atoms with Gasteiger partial charge in [0.15, 0.2) is 11.0 Å². The number of hydrogen-bond donors (Lipinski definition) is 1. The quantitative estimate of drug-likeness (QED) is 0.404. The molecule has 0 saturated carbocycles. The number of rotatable bonds is 8. The van der Waals surface area contributed by atoms with Gasteiger partial charge in [-0.1, -0.05) is 52.6 Å². The van der Waals surface area contributed by atoms with Gasteiger partial charge in [0.2, 0.25) is 5.91 Å². The van der Waals surface area contributed by atoms with Gasteiger partial charge in [0.05, 0.1) is 10.8 Å². The number of hydrogen-bond acceptors (Lipinski definition) is 5. The molecule has 1 aromatic heterocycles. The number of halogens is 3. The van der Waals surface area contributed by atoms with Crippen LogP contribution in [0, 0.1) is 6.92 Å². The lowest BCUT2D eigenvalue weighted by molar-refractivity contribution is -0.113. The van der Waals surface area contributed by atoms with Gasteiger partial charge in [-0.2, -0.15) is 0 Å². The summed E-state index contributed by atoms with van der Waals surface area (Å²) in [7, 11) is 0. The zero-order chi connectivity index (χ0) is 21.7. The molecule has 158 valence electrons. The molecule has 1 amide bonds. The van der Waals surface area contributed by atoms with Crippen LogP contribution < -0.4 is 10.1 Å². The summed E-state index contributed by atoms with van der Waals surface area (Å²) in [5, 5.41) is 13.2. The molecule has 6 nitrogen and oxygen atoms in total. The van der Waals surface area contributed by atoms with E-state index in [1.54, 1.807) is 24.3 Å². The highest BCUT2D eigenvalue weighted by molar-refractivity contribution is 7.99. The highest BCUT2D eigenvalue weighted by Gasteiger charge is 2.15. The number of nitrogens with one attached hydrogen (secondary N) is 1. The predicted molar refractivity (Wildman–Crippen MR) is 122 cm³/mol. The monoisotopic (exact) mass is 484 g/mol. The van der Waals surface area contributed by atoms with Crippen LogP contribution in [-0.4, -0.2) is 26.4 Å². The fourth-order valence-electron chi connectivity index (χ4n) is 2.67. The molecule has 0 radical (unpaired) electrons. The Balaban J connectivity index is 1.61. The molecule has 0 aliphatic carbocycles. The second-order valence-corrected chi connectivity index (χ2v) is 8.58. The molecule has 2 aromatic carbocycles. The topological polar surface area (TPSA) is 69.0 Å². The Hall–Kier alpha value is -1.93. The number of amides is 1. The van der Waals surface area contributed by atoms with Crippen molar-refractivity contribution < 1.29 is 9.53 Å². The van der Waals surface area contributed by atoms with Crippen molar-refractivity contribution in [2.45, 2.75) is 32.2 Å². The van der Waals surface area contributed by atoms with Gasteiger partial charge in [0.25, 0.3) is 0 Å². The van der Waals surface area contributed by atoms with E-state index in [4.69, 9.17) is 39.5 Å². The summed E-state index contributed by atoms with van der Waals surface area (Å²) in [5.41, 5.74) is 1.59. The number of carbonyl (C=O) groups is 1. The Bertz CT molecular complexity index is 1040. The Morgan fingerprint density at radius 2 is 1.87 bits per heavy atom. The van der Waals surface area contributed by atoms with E-state index < -0.39 is 0 Å². The number of aromatic nitrogens is 3. The van der Waals surface area contributed by atoms with Crippen LogP contribution in [0.5, 0.6) is 5.75 Å². The Morgan fingerprint density at radius 3 is 2.57 bits per heavy atom. The first kappa shape index (κ1) is 22.7. The molecule has 0 saturated heterocycles. The van der Waals surface area contributed by atoms with E-state index in [0.717, 1.165) is 5.56 Å². The average Bonchev–Trinajstić information content (AvgIpc) is 3.08. The Kier molecular flexibility index (Phi) is 7.88. The van der Waals surface area contributed by atoms with Crippen LogP contribution in [0.15, 0.2) is 41.6 Å². The van der Waals surface area contributed by atoms with Gasteiger partial charge in [-0.15, -0.1) is 10.2 Å². The number of benzene rings is 2. The molecule has 3 aromatic rings. The summed E-state index contributed by atoms with van der Waals surface area (Å²) in [6, 6.07) is 10.5. The summed E-state index contributed by atoms with van der Waals surface area (Å²) < 4.78 is 7.72. The molecule has 0 aliphatic heterocycles. The molecular formula is C20H19Cl3N4O2S. The van der Waals surface area contributed by atoms with Crippen LogP contribution in [0.3, 0.4) is 0 Å². The van der Waals surface area contributed by atoms with Gasteiger partial charge >= 0.3 is 0 Å². The van der Waals surface area contributed by atoms with E-state index in [2.05, 4.69) is 15.5 Å². The number of aryl methyl sites for hydroxylation is 1. The smallest absolute Gasteiger partial charge is 0.234 e. The van der Waals surface area contributed by atoms with Gasteiger partial charge < -0.3 is 14.6 Å². The molecule has 0 fully saturated rings. The van der Waals surface area contributed by atoms with Crippen molar-refractivity contribution >= 4 is 58.2 Å². The van der Waals surface area contributed by atoms with E-state index >= 15 is 0 Å². The maximum Gasteiger partial charge on any atom is 0.234 e. The SMILES string of the molecule is CCn1c(COc2cc(C)ccc2Cl)nnc1SCC(=O)Nc1cc(Cl)cc(Cl)c1. The predicted octanol–water partition coefficient (Wildman–Crippen LogP) is 5.88. The van der Waals surface area contributed by atoms with E-state index in [9.17, 15) is 4.79 Å². The molecule has 10 heteroatoms. The third-order valence-electron chi connectivity index (χ3n) is 4.03. The van der Waals surface area contributed by atoms with E-state index in [0.29, 0.717) is 44.0 Å². The van der Waals surface area contributed by atoms with Crippen LogP contribution >= 0.6 is 46.6 Å². The lowest BCUT2D eigenvalue weighted by atomic mass is 10.2.